The molecule has 1 aromatic rings. The van der Waals surface area contributed by atoms with E-state index in [0.717, 1.165) is 24.0 Å². The van der Waals surface area contributed by atoms with Gasteiger partial charge in [-0.15, -0.1) is 0 Å². The van der Waals surface area contributed by atoms with E-state index in [2.05, 4.69) is 5.32 Å². The molecule has 0 aliphatic heterocycles. The van der Waals surface area contributed by atoms with Gasteiger partial charge in [0.25, 0.3) is 0 Å². The van der Waals surface area contributed by atoms with Crippen molar-refractivity contribution in [1.29, 1.82) is 0 Å². The topological polar surface area (TPSA) is 46.2 Å². The fraction of sp³-hybridized carbons (Fsp3) is 0.412. The van der Waals surface area contributed by atoms with Gasteiger partial charge in [-0.05, 0) is 18.4 Å². The van der Waals surface area contributed by atoms with Gasteiger partial charge in [-0.3, -0.25) is 9.59 Å². The van der Waals surface area contributed by atoms with Gasteiger partial charge in [0.1, 0.15) is 0 Å². The Morgan fingerprint density at radius 3 is 2.65 bits per heavy atom. The van der Waals surface area contributed by atoms with Crippen LogP contribution in [0.1, 0.15) is 48.0 Å². The van der Waals surface area contributed by atoms with E-state index in [-0.39, 0.29) is 17.7 Å². The number of nitrogens with one attached hydrogen (secondary N) is 1. The van der Waals surface area contributed by atoms with E-state index >= 15 is 0 Å². The lowest BCUT2D eigenvalue weighted by atomic mass is 9.95. The molecule has 0 spiro atoms. The number of carbonyl (C=O) groups excluding carboxylic acids is 2. The van der Waals surface area contributed by atoms with Crippen LogP contribution in [0.4, 0.5) is 0 Å². The van der Waals surface area contributed by atoms with E-state index in [4.69, 9.17) is 0 Å². The van der Waals surface area contributed by atoms with Crippen LogP contribution in [0.3, 0.4) is 0 Å². The molecule has 0 bridgehead atoms. The summed E-state index contributed by atoms with van der Waals surface area (Å²) >= 11 is 0. The molecule has 1 saturated carbocycles. The zero-order valence-electron chi connectivity index (χ0n) is 11.5. The zero-order chi connectivity index (χ0) is 13.9. The summed E-state index contributed by atoms with van der Waals surface area (Å²) < 4.78 is 0. The Bertz CT molecular complexity index is 568. The Kier molecular flexibility index (Phi) is 3.68. The molecule has 3 rings (SSSR count). The van der Waals surface area contributed by atoms with Crippen LogP contribution in [-0.2, 0) is 11.2 Å². The minimum absolute atomic E-state index is 0.000561. The molecular formula is C17H19NO2. The highest BCUT2D eigenvalue weighted by Gasteiger charge is 2.25. The first-order chi connectivity index (χ1) is 9.74. The van der Waals surface area contributed by atoms with Crippen molar-refractivity contribution >= 4 is 11.7 Å². The Hall–Kier alpha value is -1.90. The second-order valence-electron chi connectivity index (χ2n) is 5.68. The van der Waals surface area contributed by atoms with Crippen LogP contribution in [0.2, 0.25) is 0 Å². The number of benzene rings is 1. The van der Waals surface area contributed by atoms with E-state index in [1.807, 2.05) is 24.3 Å². The van der Waals surface area contributed by atoms with Crippen LogP contribution < -0.4 is 5.32 Å². The van der Waals surface area contributed by atoms with Crippen molar-refractivity contribution in [2.75, 3.05) is 0 Å². The second-order valence-corrected chi connectivity index (χ2v) is 5.68. The van der Waals surface area contributed by atoms with Gasteiger partial charge < -0.3 is 5.32 Å². The number of ketones is 1. The maximum absolute atomic E-state index is 12.2. The maximum Gasteiger partial charge on any atom is 0.244 e. The lowest BCUT2D eigenvalue weighted by Gasteiger charge is -2.22. The molecule has 3 heteroatoms. The molecule has 1 aromatic carbocycles. The molecule has 0 saturated heterocycles. The van der Waals surface area contributed by atoms with Gasteiger partial charge in [-0.2, -0.15) is 0 Å². The third-order valence-electron chi connectivity index (χ3n) is 4.19. The molecule has 104 valence electrons. The smallest absolute Gasteiger partial charge is 0.244 e. The first-order valence-corrected chi connectivity index (χ1v) is 7.38. The molecule has 0 aromatic heterocycles. The van der Waals surface area contributed by atoms with Crippen molar-refractivity contribution in [2.24, 2.45) is 0 Å². The van der Waals surface area contributed by atoms with E-state index in [9.17, 15) is 9.59 Å². The molecule has 20 heavy (non-hydrogen) atoms. The van der Waals surface area contributed by atoms with E-state index < -0.39 is 0 Å². The highest BCUT2D eigenvalue weighted by atomic mass is 16.1. The Morgan fingerprint density at radius 2 is 1.90 bits per heavy atom. The summed E-state index contributed by atoms with van der Waals surface area (Å²) in [6.45, 7) is 0. The van der Waals surface area contributed by atoms with Crippen molar-refractivity contribution in [3.63, 3.8) is 0 Å². The largest absolute Gasteiger partial charge is 0.350 e. The molecule has 1 fully saturated rings. The molecule has 2 aliphatic rings. The second kappa shape index (κ2) is 5.61. The maximum atomic E-state index is 12.2. The average Bonchev–Trinajstić information content (AvgIpc) is 2.77. The molecule has 0 unspecified atom stereocenters. The van der Waals surface area contributed by atoms with Crippen molar-refractivity contribution in [3.8, 4) is 0 Å². The standard InChI is InChI=1S/C17H19NO2/c19-16(18-14-7-2-1-3-8-14)11-13-10-12-6-4-5-9-15(12)17(13)20/h4-6,9,11,14H,1-3,7-8,10H2,(H,18,19)/b13-11+. The Morgan fingerprint density at radius 1 is 1.15 bits per heavy atom. The molecule has 0 radical (unpaired) electrons. The van der Waals surface area contributed by atoms with Gasteiger partial charge in [0.2, 0.25) is 5.91 Å². The first kappa shape index (κ1) is 13.1. The van der Waals surface area contributed by atoms with Crippen molar-refractivity contribution < 1.29 is 9.59 Å². The fourth-order valence-corrected chi connectivity index (χ4v) is 3.12. The summed E-state index contributed by atoms with van der Waals surface area (Å²) in [5.74, 6) is -0.118. The zero-order valence-corrected chi connectivity index (χ0v) is 11.5. The van der Waals surface area contributed by atoms with Crippen LogP contribution in [0, 0.1) is 0 Å². The Labute approximate surface area is 119 Å². The molecule has 1 N–H and O–H groups in total. The number of rotatable bonds is 2. The van der Waals surface area contributed by atoms with E-state index in [0.29, 0.717) is 12.0 Å². The number of Topliss-reactive ketones (excluding diaryl/α,β-unsaturated/α-hetero) is 1. The highest BCUT2D eigenvalue weighted by Crippen LogP contribution is 2.25. The van der Waals surface area contributed by atoms with Crippen molar-refractivity contribution in [1.82, 2.24) is 5.32 Å². The van der Waals surface area contributed by atoms with Crippen LogP contribution in [0.25, 0.3) is 0 Å². The first-order valence-electron chi connectivity index (χ1n) is 7.38. The molecule has 0 heterocycles. The third kappa shape index (κ3) is 2.67. The van der Waals surface area contributed by atoms with Gasteiger partial charge in [0, 0.05) is 29.7 Å². The van der Waals surface area contributed by atoms with Gasteiger partial charge in [0.15, 0.2) is 5.78 Å². The molecular weight excluding hydrogens is 250 g/mol. The van der Waals surface area contributed by atoms with Crippen LogP contribution >= 0.6 is 0 Å². The summed E-state index contributed by atoms with van der Waals surface area (Å²) in [5.41, 5.74) is 2.37. The summed E-state index contributed by atoms with van der Waals surface area (Å²) in [7, 11) is 0. The number of fused-ring (bicyclic) bond motifs is 1. The molecule has 2 aliphatic carbocycles. The monoisotopic (exact) mass is 269 g/mol. The lowest BCUT2D eigenvalue weighted by molar-refractivity contribution is -0.117. The van der Waals surface area contributed by atoms with E-state index in [1.54, 1.807) is 0 Å². The van der Waals surface area contributed by atoms with Gasteiger partial charge in [-0.1, -0.05) is 43.5 Å². The number of hydrogen-bond acceptors (Lipinski definition) is 2. The Balaban J connectivity index is 1.68. The van der Waals surface area contributed by atoms with Crippen molar-refractivity contribution in [2.45, 2.75) is 44.6 Å². The van der Waals surface area contributed by atoms with Crippen molar-refractivity contribution in [3.05, 3.63) is 47.0 Å². The molecule has 0 atom stereocenters. The van der Waals surface area contributed by atoms with Crippen LogP contribution in [0.15, 0.2) is 35.9 Å². The summed E-state index contributed by atoms with van der Waals surface area (Å²) in [5, 5.41) is 3.03. The quantitative estimate of drug-likeness (QED) is 0.839. The number of amides is 1. The fourth-order valence-electron chi connectivity index (χ4n) is 3.12. The summed E-state index contributed by atoms with van der Waals surface area (Å²) in [6, 6.07) is 7.86. The molecule has 1 amide bonds. The number of carbonyl (C=O) groups is 2. The third-order valence-corrected chi connectivity index (χ3v) is 4.19. The number of hydrogen-bond donors (Lipinski definition) is 1. The normalized spacial score (nSPS) is 21.0. The molecule has 3 nitrogen and oxygen atoms in total. The number of allylic oxidation sites excluding steroid dienone is 1. The van der Waals surface area contributed by atoms with Gasteiger partial charge in [0.05, 0.1) is 0 Å². The van der Waals surface area contributed by atoms with Gasteiger partial charge >= 0.3 is 0 Å². The minimum atomic E-state index is -0.118. The SMILES string of the molecule is O=C(/C=C1\Cc2ccccc2C1=O)NC1CCCCC1. The van der Waals surface area contributed by atoms with Crippen LogP contribution in [-0.4, -0.2) is 17.7 Å². The highest BCUT2D eigenvalue weighted by molar-refractivity contribution is 6.15. The average molecular weight is 269 g/mol. The predicted octanol–water partition coefficient (Wildman–Crippen LogP) is 2.80. The van der Waals surface area contributed by atoms with Gasteiger partial charge in [-0.25, -0.2) is 0 Å². The minimum Gasteiger partial charge on any atom is -0.350 e. The van der Waals surface area contributed by atoms with Crippen LogP contribution in [0.5, 0.6) is 0 Å². The van der Waals surface area contributed by atoms with E-state index in [1.165, 1.54) is 25.3 Å². The summed E-state index contributed by atoms with van der Waals surface area (Å²) in [6.07, 6.45) is 7.83. The summed E-state index contributed by atoms with van der Waals surface area (Å²) in [4.78, 5) is 24.2. The lowest BCUT2D eigenvalue weighted by Crippen LogP contribution is -2.35. The predicted molar refractivity (Wildman–Crippen MR) is 77.6 cm³/mol.